The van der Waals surface area contributed by atoms with Gasteiger partial charge in [0.1, 0.15) is 6.04 Å². The van der Waals surface area contributed by atoms with E-state index in [9.17, 15) is 14.4 Å². The SMILES string of the molecule is CC(C)C[C@@H](C(=O)N1CCc2cc3c(cc2C1C)OCCCO3)N1C(=O)c2ccccc2C1=O. The molecule has 34 heavy (non-hydrogen) atoms. The second-order valence-electron chi connectivity index (χ2n) is 9.68. The molecule has 5 rings (SSSR count). The number of fused-ring (bicyclic) bond motifs is 3. The van der Waals surface area contributed by atoms with Crippen LogP contribution in [0.5, 0.6) is 11.5 Å². The van der Waals surface area contributed by atoms with Crippen LogP contribution in [0.15, 0.2) is 36.4 Å². The zero-order chi connectivity index (χ0) is 24.0. The van der Waals surface area contributed by atoms with Gasteiger partial charge >= 0.3 is 0 Å². The molecule has 3 aliphatic heterocycles. The third-order valence-corrected chi connectivity index (χ3v) is 6.95. The highest BCUT2D eigenvalue weighted by Crippen LogP contribution is 2.40. The topological polar surface area (TPSA) is 76.2 Å². The molecule has 7 nitrogen and oxygen atoms in total. The largest absolute Gasteiger partial charge is 0.490 e. The predicted octanol–water partition coefficient (Wildman–Crippen LogP) is 4.00. The summed E-state index contributed by atoms with van der Waals surface area (Å²) in [5, 5.41) is 0. The van der Waals surface area contributed by atoms with Gasteiger partial charge in [-0.1, -0.05) is 26.0 Å². The first-order valence-corrected chi connectivity index (χ1v) is 12.1. The summed E-state index contributed by atoms with van der Waals surface area (Å²) in [5.74, 6) is 0.630. The molecule has 2 aromatic rings. The summed E-state index contributed by atoms with van der Waals surface area (Å²) in [6, 6.07) is 9.76. The number of benzene rings is 2. The van der Waals surface area contributed by atoms with Crippen LogP contribution in [-0.2, 0) is 11.2 Å². The molecule has 0 N–H and O–H groups in total. The number of carbonyl (C=O) groups is 3. The van der Waals surface area contributed by atoms with E-state index in [2.05, 4.69) is 0 Å². The lowest BCUT2D eigenvalue weighted by Gasteiger charge is -2.39. The minimum Gasteiger partial charge on any atom is -0.490 e. The zero-order valence-electron chi connectivity index (χ0n) is 19.9. The minimum atomic E-state index is -0.836. The molecule has 0 aromatic heterocycles. The molecule has 3 heterocycles. The molecule has 0 spiro atoms. The molecular weight excluding hydrogens is 432 g/mol. The number of ether oxygens (including phenoxy) is 2. The Bertz CT molecular complexity index is 1120. The molecule has 0 saturated heterocycles. The first-order chi connectivity index (χ1) is 16.4. The highest BCUT2D eigenvalue weighted by atomic mass is 16.5. The van der Waals surface area contributed by atoms with Crippen molar-refractivity contribution in [3.63, 3.8) is 0 Å². The van der Waals surface area contributed by atoms with E-state index in [1.807, 2.05) is 37.8 Å². The van der Waals surface area contributed by atoms with E-state index < -0.39 is 6.04 Å². The van der Waals surface area contributed by atoms with Crippen molar-refractivity contribution in [3.8, 4) is 11.5 Å². The van der Waals surface area contributed by atoms with E-state index >= 15 is 0 Å². The summed E-state index contributed by atoms with van der Waals surface area (Å²) in [5.41, 5.74) is 2.90. The van der Waals surface area contributed by atoms with Gasteiger partial charge in [-0.3, -0.25) is 19.3 Å². The fourth-order valence-corrected chi connectivity index (χ4v) is 5.22. The number of amides is 3. The maximum atomic E-state index is 14.0. The molecule has 3 aliphatic rings. The lowest BCUT2D eigenvalue weighted by atomic mass is 9.91. The van der Waals surface area contributed by atoms with Crippen molar-refractivity contribution in [1.29, 1.82) is 0 Å². The van der Waals surface area contributed by atoms with Gasteiger partial charge in [0.2, 0.25) is 5.91 Å². The number of carbonyl (C=O) groups excluding carboxylic acids is 3. The molecule has 0 fully saturated rings. The van der Waals surface area contributed by atoms with Crippen molar-refractivity contribution >= 4 is 17.7 Å². The van der Waals surface area contributed by atoms with Gasteiger partial charge in [-0.2, -0.15) is 0 Å². The minimum absolute atomic E-state index is 0.131. The van der Waals surface area contributed by atoms with Crippen LogP contribution >= 0.6 is 0 Å². The molecule has 3 amide bonds. The standard InChI is InChI=1S/C27H30N2O5/c1-16(2)13-22(29-25(30)19-7-4-5-8-20(19)26(29)31)27(32)28-10-9-18-14-23-24(15-21(18)17(28)3)34-12-6-11-33-23/h4-5,7-8,14-17,22H,6,9-13H2,1-3H3/t17?,22-/m0/s1. The summed E-state index contributed by atoms with van der Waals surface area (Å²) < 4.78 is 11.7. The third kappa shape index (κ3) is 3.73. The van der Waals surface area contributed by atoms with E-state index in [1.54, 1.807) is 24.3 Å². The lowest BCUT2D eigenvalue weighted by molar-refractivity contribution is -0.138. The van der Waals surface area contributed by atoms with Crippen molar-refractivity contribution in [2.45, 2.75) is 52.1 Å². The Kier molecular flexibility index (Phi) is 5.80. The third-order valence-electron chi connectivity index (χ3n) is 6.95. The van der Waals surface area contributed by atoms with Gasteiger partial charge in [-0.05, 0) is 61.1 Å². The Labute approximate surface area is 199 Å². The molecular formula is C27H30N2O5. The molecule has 0 aliphatic carbocycles. The van der Waals surface area contributed by atoms with E-state index in [0.717, 1.165) is 23.3 Å². The molecule has 178 valence electrons. The Hall–Kier alpha value is -3.35. The highest BCUT2D eigenvalue weighted by molar-refractivity contribution is 6.22. The van der Waals surface area contributed by atoms with Gasteiger partial charge in [-0.25, -0.2) is 0 Å². The van der Waals surface area contributed by atoms with Crippen molar-refractivity contribution in [2.75, 3.05) is 19.8 Å². The van der Waals surface area contributed by atoms with Crippen LogP contribution in [-0.4, -0.2) is 53.3 Å². The second kappa shape index (κ2) is 8.78. The molecule has 0 radical (unpaired) electrons. The maximum Gasteiger partial charge on any atom is 0.262 e. The van der Waals surface area contributed by atoms with Crippen LogP contribution in [0.3, 0.4) is 0 Å². The van der Waals surface area contributed by atoms with Crippen LogP contribution < -0.4 is 9.47 Å². The molecule has 7 heteroatoms. The number of hydrogen-bond acceptors (Lipinski definition) is 5. The Morgan fingerprint density at radius 1 is 1.03 bits per heavy atom. The summed E-state index contributed by atoms with van der Waals surface area (Å²) in [6.07, 6.45) is 1.93. The number of hydrogen-bond donors (Lipinski definition) is 0. The van der Waals surface area contributed by atoms with Gasteiger partial charge in [0.25, 0.3) is 11.8 Å². The van der Waals surface area contributed by atoms with Gasteiger partial charge in [0.15, 0.2) is 11.5 Å². The number of nitrogens with zero attached hydrogens (tertiary/aromatic N) is 2. The van der Waals surface area contributed by atoms with Crippen molar-refractivity contribution in [2.24, 2.45) is 5.92 Å². The smallest absolute Gasteiger partial charge is 0.262 e. The number of imide groups is 1. The lowest BCUT2D eigenvalue weighted by Crippen LogP contribution is -2.53. The van der Waals surface area contributed by atoms with E-state index in [-0.39, 0.29) is 29.7 Å². The van der Waals surface area contributed by atoms with E-state index in [1.165, 1.54) is 4.90 Å². The monoisotopic (exact) mass is 462 g/mol. The fraction of sp³-hybridized carbons (Fsp3) is 0.444. The predicted molar refractivity (Wildman–Crippen MR) is 126 cm³/mol. The average molecular weight is 463 g/mol. The van der Waals surface area contributed by atoms with Crippen molar-refractivity contribution < 1.29 is 23.9 Å². The Morgan fingerprint density at radius 2 is 1.65 bits per heavy atom. The van der Waals surface area contributed by atoms with Crippen LogP contribution in [0.2, 0.25) is 0 Å². The average Bonchev–Trinajstić information content (AvgIpc) is 2.96. The second-order valence-corrected chi connectivity index (χ2v) is 9.68. The van der Waals surface area contributed by atoms with Crippen molar-refractivity contribution in [3.05, 3.63) is 58.7 Å². The Balaban J connectivity index is 1.46. The van der Waals surface area contributed by atoms with Crippen LogP contribution in [0.25, 0.3) is 0 Å². The van der Waals surface area contributed by atoms with Gasteiger partial charge in [-0.15, -0.1) is 0 Å². The summed E-state index contributed by atoms with van der Waals surface area (Å²) in [4.78, 5) is 43.3. The van der Waals surface area contributed by atoms with E-state index in [4.69, 9.17) is 9.47 Å². The van der Waals surface area contributed by atoms with E-state index in [0.29, 0.717) is 49.5 Å². The van der Waals surface area contributed by atoms with Gasteiger partial charge in [0, 0.05) is 13.0 Å². The van der Waals surface area contributed by atoms with Gasteiger partial charge in [0.05, 0.1) is 30.4 Å². The Morgan fingerprint density at radius 3 is 2.26 bits per heavy atom. The molecule has 1 unspecified atom stereocenters. The fourth-order valence-electron chi connectivity index (χ4n) is 5.22. The summed E-state index contributed by atoms with van der Waals surface area (Å²) >= 11 is 0. The molecule has 2 atom stereocenters. The maximum absolute atomic E-state index is 14.0. The van der Waals surface area contributed by atoms with Crippen molar-refractivity contribution in [1.82, 2.24) is 9.80 Å². The number of rotatable bonds is 4. The first kappa shape index (κ1) is 22.4. The van der Waals surface area contributed by atoms with Crippen LogP contribution in [0, 0.1) is 5.92 Å². The molecule has 0 bridgehead atoms. The quantitative estimate of drug-likeness (QED) is 0.642. The van der Waals surface area contributed by atoms with Gasteiger partial charge < -0.3 is 14.4 Å². The van der Waals surface area contributed by atoms with Crippen LogP contribution in [0.4, 0.5) is 0 Å². The molecule has 2 aromatic carbocycles. The molecule has 0 saturated carbocycles. The first-order valence-electron chi connectivity index (χ1n) is 12.1. The zero-order valence-corrected chi connectivity index (χ0v) is 19.9. The summed E-state index contributed by atoms with van der Waals surface area (Å²) in [6.45, 7) is 7.74. The summed E-state index contributed by atoms with van der Waals surface area (Å²) in [7, 11) is 0. The normalized spacial score (nSPS) is 20.2. The van der Waals surface area contributed by atoms with Crippen LogP contribution in [0.1, 0.15) is 71.5 Å². The highest BCUT2D eigenvalue weighted by Gasteiger charge is 2.45.